The molecule has 0 amide bonds. The van der Waals surface area contributed by atoms with E-state index in [-0.39, 0.29) is 24.0 Å². The van der Waals surface area contributed by atoms with Gasteiger partial charge in [-0.05, 0) is 44.4 Å². The Hall–Kier alpha value is -0.610. The summed E-state index contributed by atoms with van der Waals surface area (Å²) in [5.74, 6) is 0.746. The third-order valence-corrected chi connectivity index (χ3v) is 4.69. The molecule has 160 valence electrons. The van der Waals surface area contributed by atoms with Gasteiger partial charge in [-0.25, -0.2) is 0 Å². The van der Waals surface area contributed by atoms with Crippen LogP contribution in [0.5, 0.6) is 0 Å². The third-order valence-electron chi connectivity index (χ3n) is 4.44. The largest absolute Gasteiger partial charge is 0.387 e. The normalized spacial score (nSPS) is 17.5. The van der Waals surface area contributed by atoms with Gasteiger partial charge in [-0.3, -0.25) is 9.89 Å². The zero-order valence-electron chi connectivity index (χ0n) is 16.9. The van der Waals surface area contributed by atoms with Crippen LogP contribution < -0.4 is 10.6 Å². The van der Waals surface area contributed by atoms with Crippen molar-refractivity contribution in [1.29, 1.82) is 0 Å². The molecule has 1 aromatic rings. The average molecular weight is 525 g/mol. The van der Waals surface area contributed by atoms with Gasteiger partial charge in [0.15, 0.2) is 5.96 Å². The van der Waals surface area contributed by atoms with Crippen molar-refractivity contribution in [3.8, 4) is 0 Å². The molecule has 1 aromatic carbocycles. The van der Waals surface area contributed by atoms with Crippen LogP contribution in [0.15, 0.2) is 29.3 Å². The first kappa shape index (κ1) is 25.4. The molecule has 0 bridgehead atoms. The van der Waals surface area contributed by atoms with Crippen LogP contribution in [0.1, 0.15) is 25.8 Å². The topological polar surface area (TPSA) is 69.1 Å². The standard InChI is InChI=1S/C20H33ClN4O2.HI/c1-3-22-19(23-10-4-5-17-6-8-18(21)9-7-17)24-15-20(2,26)16-25-11-13-27-14-12-25;/h6-9,26H,3-5,10-16H2,1-2H3,(H2,22,23,24);1H. The summed E-state index contributed by atoms with van der Waals surface area (Å²) in [5.41, 5.74) is 0.416. The number of ether oxygens (including phenoxy) is 1. The van der Waals surface area contributed by atoms with Gasteiger partial charge >= 0.3 is 0 Å². The van der Waals surface area contributed by atoms with Crippen molar-refractivity contribution in [2.45, 2.75) is 32.3 Å². The van der Waals surface area contributed by atoms with Gasteiger partial charge in [0.05, 0.1) is 25.4 Å². The van der Waals surface area contributed by atoms with Crippen LogP contribution in [0.2, 0.25) is 5.02 Å². The Balaban J connectivity index is 0.00000392. The fourth-order valence-corrected chi connectivity index (χ4v) is 3.16. The van der Waals surface area contributed by atoms with E-state index in [1.807, 2.05) is 26.0 Å². The molecular weight excluding hydrogens is 491 g/mol. The molecule has 6 nitrogen and oxygen atoms in total. The molecule has 2 rings (SSSR count). The molecule has 1 heterocycles. The Labute approximate surface area is 191 Å². The molecule has 0 aliphatic carbocycles. The number of benzene rings is 1. The van der Waals surface area contributed by atoms with Crippen LogP contribution in [-0.2, 0) is 11.2 Å². The van der Waals surface area contributed by atoms with E-state index in [0.717, 1.165) is 63.2 Å². The molecule has 1 unspecified atom stereocenters. The van der Waals surface area contributed by atoms with Gasteiger partial charge in [-0.2, -0.15) is 0 Å². The minimum absolute atomic E-state index is 0. The highest BCUT2D eigenvalue weighted by Gasteiger charge is 2.25. The first-order valence-corrected chi connectivity index (χ1v) is 10.2. The minimum Gasteiger partial charge on any atom is -0.387 e. The highest BCUT2D eigenvalue weighted by Crippen LogP contribution is 2.11. The second kappa shape index (κ2) is 13.6. The van der Waals surface area contributed by atoms with E-state index in [2.05, 4.69) is 32.7 Å². The molecule has 0 saturated carbocycles. The third kappa shape index (κ3) is 10.2. The van der Waals surface area contributed by atoms with E-state index in [0.29, 0.717) is 13.1 Å². The first-order chi connectivity index (χ1) is 13.0. The second-order valence-corrected chi connectivity index (χ2v) is 7.67. The lowest BCUT2D eigenvalue weighted by Crippen LogP contribution is -2.48. The number of hydrogen-bond acceptors (Lipinski definition) is 4. The lowest BCUT2D eigenvalue weighted by atomic mass is 10.1. The number of aliphatic imine (C=N–C) groups is 1. The number of rotatable bonds is 9. The molecule has 0 radical (unpaired) electrons. The summed E-state index contributed by atoms with van der Waals surface area (Å²) in [6.45, 7) is 9.65. The Kier molecular flexibility index (Phi) is 12.3. The smallest absolute Gasteiger partial charge is 0.191 e. The van der Waals surface area contributed by atoms with E-state index in [4.69, 9.17) is 16.3 Å². The molecule has 0 spiro atoms. The number of nitrogens with one attached hydrogen (secondary N) is 2. The molecule has 1 fully saturated rings. The van der Waals surface area contributed by atoms with Crippen molar-refractivity contribution >= 4 is 41.5 Å². The number of morpholine rings is 1. The number of nitrogens with zero attached hydrogens (tertiary/aromatic N) is 2. The average Bonchev–Trinajstić information content (AvgIpc) is 2.65. The van der Waals surface area contributed by atoms with E-state index in [1.54, 1.807) is 0 Å². The van der Waals surface area contributed by atoms with E-state index in [1.165, 1.54) is 5.56 Å². The molecular formula is C20H34ClIN4O2. The quantitative estimate of drug-likeness (QED) is 0.200. The maximum absolute atomic E-state index is 10.7. The lowest BCUT2D eigenvalue weighted by molar-refractivity contribution is -0.0179. The Morgan fingerprint density at radius 3 is 2.57 bits per heavy atom. The highest BCUT2D eigenvalue weighted by atomic mass is 127. The van der Waals surface area contributed by atoms with Crippen LogP contribution in [-0.4, -0.2) is 74.0 Å². The van der Waals surface area contributed by atoms with Gasteiger partial charge in [0.2, 0.25) is 0 Å². The molecule has 28 heavy (non-hydrogen) atoms. The number of hydrogen-bond donors (Lipinski definition) is 3. The van der Waals surface area contributed by atoms with E-state index >= 15 is 0 Å². The van der Waals surface area contributed by atoms with Gasteiger partial charge in [-0.1, -0.05) is 23.7 Å². The summed E-state index contributed by atoms with van der Waals surface area (Å²) in [6, 6.07) is 7.97. The van der Waals surface area contributed by atoms with E-state index < -0.39 is 5.60 Å². The number of aliphatic hydroxyl groups is 1. The van der Waals surface area contributed by atoms with Gasteiger partial charge in [0, 0.05) is 37.7 Å². The summed E-state index contributed by atoms with van der Waals surface area (Å²) in [4.78, 5) is 6.80. The van der Waals surface area contributed by atoms with Crippen LogP contribution in [0.25, 0.3) is 0 Å². The Bertz CT molecular complexity index is 578. The van der Waals surface area contributed by atoms with Crippen molar-refractivity contribution in [2.24, 2.45) is 4.99 Å². The summed E-state index contributed by atoms with van der Waals surface area (Å²) in [7, 11) is 0. The van der Waals surface area contributed by atoms with Crippen LogP contribution >= 0.6 is 35.6 Å². The molecule has 1 atom stereocenters. The van der Waals surface area contributed by atoms with Crippen molar-refractivity contribution in [3.63, 3.8) is 0 Å². The minimum atomic E-state index is -0.858. The predicted molar refractivity (Wildman–Crippen MR) is 127 cm³/mol. The fraction of sp³-hybridized carbons (Fsp3) is 0.650. The van der Waals surface area contributed by atoms with Crippen LogP contribution in [0, 0.1) is 0 Å². The first-order valence-electron chi connectivity index (χ1n) is 9.77. The van der Waals surface area contributed by atoms with Gasteiger partial charge < -0.3 is 20.5 Å². The number of β-amino-alcohol motifs (C(OH)–C–C–N with tert-alkyl or cyclic N) is 1. The Morgan fingerprint density at radius 2 is 1.93 bits per heavy atom. The summed E-state index contributed by atoms with van der Waals surface area (Å²) < 4.78 is 5.36. The van der Waals surface area contributed by atoms with Gasteiger partial charge in [0.1, 0.15) is 0 Å². The zero-order valence-corrected chi connectivity index (χ0v) is 20.0. The van der Waals surface area contributed by atoms with Gasteiger partial charge in [-0.15, -0.1) is 24.0 Å². The van der Waals surface area contributed by atoms with Crippen molar-refractivity contribution in [1.82, 2.24) is 15.5 Å². The van der Waals surface area contributed by atoms with E-state index in [9.17, 15) is 5.11 Å². The monoisotopic (exact) mass is 524 g/mol. The summed E-state index contributed by atoms with van der Waals surface area (Å²) in [5, 5.41) is 18.0. The van der Waals surface area contributed by atoms with Crippen LogP contribution in [0.3, 0.4) is 0 Å². The van der Waals surface area contributed by atoms with Crippen LogP contribution in [0.4, 0.5) is 0 Å². The highest BCUT2D eigenvalue weighted by molar-refractivity contribution is 14.0. The SMILES string of the molecule is CCNC(=NCC(C)(O)CN1CCOCC1)NCCCc1ccc(Cl)cc1.I. The second-order valence-electron chi connectivity index (χ2n) is 7.24. The van der Waals surface area contributed by atoms with Crippen molar-refractivity contribution in [2.75, 3.05) is 52.5 Å². The molecule has 8 heteroatoms. The predicted octanol–water partition coefficient (Wildman–Crippen LogP) is 2.53. The fourth-order valence-electron chi connectivity index (χ4n) is 3.03. The molecule has 0 aromatic heterocycles. The molecule has 1 aliphatic heterocycles. The molecule has 3 N–H and O–H groups in total. The number of halogens is 2. The van der Waals surface area contributed by atoms with Crippen molar-refractivity contribution < 1.29 is 9.84 Å². The maximum Gasteiger partial charge on any atom is 0.191 e. The zero-order chi connectivity index (χ0) is 19.5. The van der Waals surface area contributed by atoms with Gasteiger partial charge in [0.25, 0.3) is 0 Å². The summed E-state index contributed by atoms with van der Waals surface area (Å²) in [6.07, 6.45) is 1.98. The molecule has 1 saturated heterocycles. The number of aryl methyl sites for hydroxylation is 1. The summed E-state index contributed by atoms with van der Waals surface area (Å²) >= 11 is 5.92. The molecule has 1 aliphatic rings. The van der Waals surface area contributed by atoms with Crippen molar-refractivity contribution in [3.05, 3.63) is 34.9 Å². The maximum atomic E-state index is 10.7. The Morgan fingerprint density at radius 1 is 1.25 bits per heavy atom. The number of guanidine groups is 1. The lowest BCUT2D eigenvalue weighted by Gasteiger charge is -2.33.